The summed E-state index contributed by atoms with van der Waals surface area (Å²) in [5, 5.41) is 1.94. The first-order chi connectivity index (χ1) is 20.9. The van der Waals surface area contributed by atoms with Gasteiger partial charge < -0.3 is 4.90 Å². The number of allylic oxidation sites excluding steroid dienone is 1. The third-order valence-corrected chi connectivity index (χ3v) is 11.1. The molecule has 3 heteroatoms. The number of nitrogens with zero attached hydrogens (tertiary/aromatic N) is 1. The molecule has 214 valence electrons. The van der Waals surface area contributed by atoms with Crippen LogP contribution in [0.3, 0.4) is 0 Å². The standard InChI is InChI=1S/C41H33NO2/c1-39(2)28-13-9-15-30-34(28)42-35-29(39)14-10-16-31(35)41(5,6)33-19-22(18-32(36(33)42)40(30,3)4)17-27-37(43)25-20-23-11-7-8-12-24(23)21-26(25)38(27)44/h7-21H,1-6H3. The second-order valence-corrected chi connectivity index (χ2v) is 14.5. The fourth-order valence-electron chi connectivity index (χ4n) is 8.60. The number of carbonyl (C=O) groups is 2. The number of hydrogen-bond acceptors (Lipinski definition) is 3. The first kappa shape index (κ1) is 25.7. The van der Waals surface area contributed by atoms with Gasteiger partial charge in [-0.05, 0) is 80.1 Å². The molecule has 4 aliphatic rings. The Hall–Kier alpha value is -4.76. The molecule has 0 amide bonds. The second kappa shape index (κ2) is 7.84. The van der Waals surface area contributed by atoms with Crippen LogP contribution in [0.4, 0.5) is 17.1 Å². The van der Waals surface area contributed by atoms with E-state index in [1.807, 2.05) is 42.5 Å². The maximum absolute atomic E-state index is 13.8. The van der Waals surface area contributed by atoms with Crippen LogP contribution < -0.4 is 4.90 Å². The molecule has 0 aromatic heterocycles. The summed E-state index contributed by atoms with van der Waals surface area (Å²) in [4.78, 5) is 30.0. The van der Waals surface area contributed by atoms with Gasteiger partial charge in [-0.2, -0.15) is 0 Å². The van der Waals surface area contributed by atoms with Crippen LogP contribution in [-0.4, -0.2) is 11.6 Å². The zero-order chi connectivity index (χ0) is 30.5. The summed E-state index contributed by atoms with van der Waals surface area (Å²) >= 11 is 0. The van der Waals surface area contributed by atoms with Crippen LogP contribution in [0.1, 0.15) is 101 Å². The zero-order valence-corrected chi connectivity index (χ0v) is 25.9. The van der Waals surface area contributed by atoms with Crippen molar-refractivity contribution in [2.45, 2.75) is 57.8 Å². The lowest BCUT2D eigenvalue weighted by molar-refractivity contribution is 0.0990. The maximum atomic E-state index is 13.8. The third kappa shape index (κ3) is 2.88. The summed E-state index contributed by atoms with van der Waals surface area (Å²) < 4.78 is 0. The average Bonchev–Trinajstić information content (AvgIpc) is 3.22. The van der Waals surface area contributed by atoms with E-state index in [0.29, 0.717) is 11.1 Å². The highest BCUT2D eigenvalue weighted by molar-refractivity contribution is 6.42. The summed E-state index contributed by atoms with van der Waals surface area (Å²) in [6, 6.07) is 29.6. The molecule has 5 aromatic carbocycles. The van der Waals surface area contributed by atoms with E-state index < -0.39 is 0 Å². The highest BCUT2D eigenvalue weighted by Crippen LogP contribution is 2.66. The fraction of sp³-hybridized carbons (Fsp3) is 0.220. The highest BCUT2D eigenvalue weighted by atomic mass is 16.2. The Balaban J connectivity index is 1.31. The van der Waals surface area contributed by atoms with Gasteiger partial charge in [-0.15, -0.1) is 0 Å². The number of benzene rings is 5. The van der Waals surface area contributed by atoms with Crippen LogP contribution in [-0.2, 0) is 16.2 Å². The van der Waals surface area contributed by atoms with Crippen molar-refractivity contribution < 1.29 is 9.59 Å². The van der Waals surface area contributed by atoms with Crippen LogP contribution in [0.2, 0.25) is 0 Å². The Bertz CT molecular complexity index is 2100. The van der Waals surface area contributed by atoms with E-state index in [2.05, 4.69) is 95.0 Å². The molecule has 44 heavy (non-hydrogen) atoms. The van der Waals surface area contributed by atoms with Gasteiger partial charge in [-0.3, -0.25) is 9.59 Å². The first-order valence-electron chi connectivity index (χ1n) is 15.5. The van der Waals surface area contributed by atoms with Crippen molar-refractivity contribution in [1.82, 2.24) is 0 Å². The Morgan fingerprint density at radius 3 is 1.32 bits per heavy atom. The average molecular weight is 572 g/mol. The lowest BCUT2D eigenvalue weighted by atomic mass is 9.60. The second-order valence-electron chi connectivity index (χ2n) is 14.5. The van der Waals surface area contributed by atoms with E-state index in [0.717, 1.165) is 16.3 Å². The molecule has 0 atom stereocenters. The van der Waals surface area contributed by atoms with Crippen LogP contribution >= 0.6 is 0 Å². The summed E-state index contributed by atoms with van der Waals surface area (Å²) in [5.74, 6) is -0.382. The summed E-state index contributed by atoms with van der Waals surface area (Å²) in [7, 11) is 0. The molecule has 3 aliphatic heterocycles. The molecule has 0 unspecified atom stereocenters. The molecule has 0 bridgehead atoms. The molecule has 9 rings (SSSR count). The van der Waals surface area contributed by atoms with E-state index in [1.165, 1.54) is 50.4 Å². The van der Waals surface area contributed by atoms with Crippen LogP contribution in [0.5, 0.6) is 0 Å². The molecular formula is C41H33NO2. The van der Waals surface area contributed by atoms with Crippen molar-refractivity contribution in [1.29, 1.82) is 0 Å². The van der Waals surface area contributed by atoms with E-state index in [9.17, 15) is 9.59 Å². The molecule has 3 nitrogen and oxygen atoms in total. The largest absolute Gasteiger partial charge is 0.309 e. The minimum Gasteiger partial charge on any atom is -0.309 e. The first-order valence-corrected chi connectivity index (χ1v) is 15.5. The Kier molecular flexibility index (Phi) is 4.58. The van der Waals surface area contributed by atoms with Crippen molar-refractivity contribution in [3.63, 3.8) is 0 Å². The molecule has 0 saturated heterocycles. The monoisotopic (exact) mass is 571 g/mol. The highest BCUT2D eigenvalue weighted by Gasteiger charge is 2.51. The van der Waals surface area contributed by atoms with Crippen LogP contribution in [0.25, 0.3) is 16.8 Å². The van der Waals surface area contributed by atoms with E-state index >= 15 is 0 Å². The van der Waals surface area contributed by atoms with Crippen LogP contribution in [0, 0.1) is 0 Å². The molecule has 5 aromatic rings. The van der Waals surface area contributed by atoms with E-state index in [4.69, 9.17) is 0 Å². The third-order valence-electron chi connectivity index (χ3n) is 11.1. The normalized spacial score (nSPS) is 18.8. The molecular weight excluding hydrogens is 538 g/mol. The molecule has 3 heterocycles. The minimum absolute atomic E-state index is 0.137. The maximum Gasteiger partial charge on any atom is 0.197 e. The van der Waals surface area contributed by atoms with Gasteiger partial charge in [0.2, 0.25) is 0 Å². The Morgan fingerprint density at radius 2 is 0.886 bits per heavy atom. The topological polar surface area (TPSA) is 37.4 Å². The quantitative estimate of drug-likeness (QED) is 0.148. The van der Waals surface area contributed by atoms with E-state index in [-0.39, 0.29) is 33.4 Å². The van der Waals surface area contributed by atoms with Crippen LogP contribution in [0.15, 0.2) is 90.5 Å². The van der Waals surface area contributed by atoms with E-state index in [1.54, 1.807) is 0 Å². The predicted molar refractivity (Wildman–Crippen MR) is 178 cm³/mol. The van der Waals surface area contributed by atoms with Crippen molar-refractivity contribution in [3.05, 3.63) is 141 Å². The number of hydrogen-bond donors (Lipinski definition) is 0. The van der Waals surface area contributed by atoms with Gasteiger partial charge in [0.15, 0.2) is 11.6 Å². The number of ketones is 2. The van der Waals surface area contributed by atoms with Gasteiger partial charge in [0.05, 0.1) is 22.6 Å². The van der Waals surface area contributed by atoms with Crippen molar-refractivity contribution in [2.24, 2.45) is 0 Å². The van der Waals surface area contributed by atoms with Gasteiger partial charge in [-0.1, -0.05) is 102 Å². The molecule has 0 radical (unpaired) electrons. The number of carbonyl (C=O) groups excluding carboxylic acids is 2. The fourth-order valence-corrected chi connectivity index (χ4v) is 8.60. The predicted octanol–water partition coefficient (Wildman–Crippen LogP) is 9.69. The number of anilines is 3. The summed E-state index contributed by atoms with van der Waals surface area (Å²) in [6.07, 6.45) is 1.84. The van der Waals surface area contributed by atoms with Gasteiger partial charge in [-0.25, -0.2) is 0 Å². The van der Waals surface area contributed by atoms with Crippen molar-refractivity contribution >= 4 is 45.5 Å². The molecule has 0 saturated carbocycles. The number of Topliss-reactive ketones (excluding diaryl/α,β-unsaturated/α-hetero) is 2. The van der Waals surface area contributed by atoms with Crippen molar-refractivity contribution in [2.75, 3.05) is 4.90 Å². The lowest BCUT2D eigenvalue weighted by Crippen LogP contribution is -2.43. The molecule has 1 aliphatic carbocycles. The number of fused-ring (bicyclic) bond motifs is 2. The molecule has 0 spiro atoms. The van der Waals surface area contributed by atoms with Gasteiger partial charge in [0, 0.05) is 27.4 Å². The van der Waals surface area contributed by atoms with Gasteiger partial charge in [0.25, 0.3) is 0 Å². The number of para-hydroxylation sites is 2. The zero-order valence-electron chi connectivity index (χ0n) is 25.9. The summed E-state index contributed by atoms with van der Waals surface area (Å²) in [6.45, 7) is 14.0. The Labute approximate surface area is 257 Å². The summed E-state index contributed by atoms with van der Waals surface area (Å²) in [5.41, 5.74) is 13.0. The Morgan fingerprint density at radius 1 is 0.500 bits per heavy atom. The van der Waals surface area contributed by atoms with Gasteiger partial charge >= 0.3 is 0 Å². The lowest BCUT2D eigenvalue weighted by Gasteiger charge is -2.55. The minimum atomic E-state index is -0.291. The molecule has 0 fully saturated rings. The van der Waals surface area contributed by atoms with Crippen molar-refractivity contribution in [3.8, 4) is 0 Å². The molecule has 0 N–H and O–H groups in total. The smallest absolute Gasteiger partial charge is 0.197 e. The number of rotatable bonds is 1. The SMILES string of the molecule is CC1(C)c2cccc3c2N2c4c1cccc4C(C)(C)c1cc(C=C4C(=O)c5cc6ccccc6cc5C4=O)cc(c12)C3(C)C. The van der Waals surface area contributed by atoms with Gasteiger partial charge in [0.1, 0.15) is 0 Å².